The van der Waals surface area contributed by atoms with Crippen LogP contribution >= 0.6 is 0 Å². The quantitative estimate of drug-likeness (QED) is 0.508. The van der Waals surface area contributed by atoms with Crippen LogP contribution in [0.3, 0.4) is 0 Å². The van der Waals surface area contributed by atoms with Gasteiger partial charge in [0.05, 0.1) is 13.1 Å². The molecular formula is C7H10N2O4. The largest absolute Gasteiger partial charge is 0.480 e. The van der Waals surface area contributed by atoms with Gasteiger partial charge in [0, 0.05) is 0 Å². The number of nitrogens with zero attached hydrogens (tertiary/aromatic N) is 1. The summed E-state index contributed by atoms with van der Waals surface area (Å²) in [5.74, 6) is -1.95. The number of carboxylic acid groups (broad SMARTS) is 1. The van der Waals surface area contributed by atoms with Gasteiger partial charge in [-0.1, -0.05) is 0 Å². The highest BCUT2D eigenvalue weighted by atomic mass is 16.4. The average Bonchev–Trinajstić information content (AvgIpc) is 2.01. The van der Waals surface area contributed by atoms with Crippen LogP contribution in [0.5, 0.6) is 0 Å². The fourth-order valence-electron chi connectivity index (χ4n) is 1.09. The van der Waals surface area contributed by atoms with E-state index in [-0.39, 0.29) is 13.1 Å². The molecule has 1 saturated heterocycles. The van der Waals surface area contributed by atoms with Crippen molar-refractivity contribution in [3.63, 3.8) is 0 Å². The fraction of sp³-hybridized carbons (Fsp3) is 0.571. The lowest BCUT2D eigenvalue weighted by atomic mass is 10.2. The van der Waals surface area contributed by atoms with Crippen LogP contribution in [0.15, 0.2) is 0 Å². The molecule has 1 aliphatic rings. The Morgan fingerprint density at radius 3 is 2.31 bits per heavy atom. The molecule has 0 spiro atoms. The molecule has 0 aromatic rings. The highest BCUT2D eigenvalue weighted by Gasteiger charge is 2.29. The van der Waals surface area contributed by atoms with Crippen LogP contribution in [0.25, 0.3) is 0 Å². The smallest absolute Gasteiger partial charge is 0.320 e. The van der Waals surface area contributed by atoms with E-state index in [0.717, 1.165) is 0 Å². The van der Waals surface area contributed by atoms with Gasteiger partial charge < -0.3 is 5.11 Å². The highest BCUT2D eigenvalue weighted by Crippen LogP contribution is 2.01. The summed E-state index contributed by atoms with van der Waals surface area (Å²) < 4.78 is 0. The van der Waals surface area contributed by atoms with Crippen LogP contribution in [0.2, 0.25) is 0 Å². The Balaban J connectivity index is 2.65. The number of rotatable bonds is 2. The second-order valence-corrected chi connectivity index (χ2v) is 2.89. The number of imide groups is 1. The second-order valence-electron chi connectivity index (χ2n) is 2.89. The Bertz CT molecular complexity index is 247. The molecule has 0 aromatic heterocycles. The zero-order valence-electron chi connectivity index (χ0n) is 7.11. The van der Waals surface area contributed by atoms with Gasteiger partial charge in [-0.3, -0.25) is 24.6 Å². The number of hydrogen-bond donors (Lipinski definition) is 2. The Morgan fingerprint density at radius 1 is 1.46 bits per heavy atom. The molecule has 2 N–H and O–H groups in total. The number of hydrogen-bond acceptors (Lipinski definition) is 4. The van der Waals surface area contributed by atoms with Gasteiger partial charge in [-0.15, -0.1) is 0 Å². The lowest BCUT2D eigenvalue weighted by Gasteiger charge is -2.28. The first kappa shape index (κ1) is 9.66. The SMILES string of the molecule is CC(C(=O)O)N1CC(=O)NC(=O)C1. The minimum absolute atomic E-state index is 0.0425. The Labute approximate surface area is 74.5 Å². The van der Waals surface area contributed by atoms with Gasteiger partial charge >= 0.3 is 5.97 Å². The molecule has 0 radical (unpaired) electrons. The van der Waals surface area contributed by atoms with E-state index in [0.29, 0.717) is 0 Å². The lowest BCUT2D eigenvalue weighted by molar-refractivity contribution is -0.146. The normalized spacial score (nSPS) is 21.0. The Morgan fingerprint density at radius 2 is 1.92 bits per heavy atom. The number of carboxylic acids is 1. The van der Waals surface area contributed by atoms with Crippen molar-refractivity contribution in [2.24, 2.45) is 0 Å². The predicted molar refractivity (Wildman–Crippen MR) is 41.8 cm³/mol. The van der Waals surface area contributed by atoms with Crippen molar-refractivity contribution in [1.29, 1.82) is 0 Å². The van der Waals surface area contributed by atoms with Gasteiger partial charge in [0.15, 0.2) is 0 Å². The standard InChI is InChI=1S/C7H10N2O4/c1-4(7(12)13)9-2-5(10)8-6(11)3-9/h4H,2-3H2,1H3,(H,12,13)(H,8,10,11). The minimum atomic E-state index is -1.04. The minimum Gasteiger partial charge on any atom is -0.480 e. The third kappa shape index (κ3) is 2.25. The summed E-state index contributed by atoms with van der Waals surface area (Å²) in [5, 5.41) is 10.7. The molecule has 0 saturated carbocycles. The number of carbonyl (C=O) groups is 3. The molecule has 1 fully saturated rings. The summed E-state index contributed by atoms with van der Waals surface area (Å²) in [5.41, 5.74) is 0. The molecule has 1 rings (SSSR count). The fourth-order valence-corrected chi connectivity index (χ4v) is 1.09. The molecule has 6 heteroatoms. The summed E-state index contributed by atoms with van der Waals surface area (Å²) in [7, 11) is 0. The summed E-state index contributed by atoms with van der Waals surface area (Å²) in [6, 6.07) is -0.810. The monoisotopic (exact) mass is 186 g/mol. The van der Waals surface area contributed by atoms with Gasteiger partial charge in [-0.05, 0) is 6.92 Å². The first-order valence-electron chi connectivity index (χ1n) is 3.80. The molecule has 6 nitrogen and oxygen atoms in total. The molecule has 1 heterocycles. The van der Waals surface area contributed by atoms with E-state index >= 15 is 0 Å². The number of amides is 2. The highest BCUT2D eigenvalue weighted by molar-refractivity contribution is 5.99. The van der Waals surface area contributed by atoms with Crippen molar-refractivity contribution in [3.05, 3.63) is 0 Å². The molecule has 2 amide bonds. The van der Waals surface area contributed by atoms with Crippen LogP contribution in [-0.2, 0) is 14.4 Å². The molecular weight excluding hydrogens is 176 g/mol. The van der Waals surface area contributed by atoms with Crippen molar-refractivity contribution < 1.29 is 19.5 Å². The summed E-state index contributed by atoms with van der Waals surface area (Å²) in [6.07, 6.45) is 0. The van der Waals surface area contributed by atoms with Crippen LogP contribution in [-0.4, -0.2) is 46.9 Å². The van der Waals surface area contributed by atoms with Crippen LogP contribution in [0.1, 0.15) is 6.92 Å². The molecule has 72 valence electrons. The topological polar surface area (TPSA) is 86.7 Å². The first-order valence-corrected chi connectivity index (χ1v) is 3.80. The third-order valence-electron chi connectivity index (χ3n) is 1.88. The Hall–Kier alpha value is -1.43. The van der Waals surface area contributed by atoms with Crippen molar-refractivity contribution in [2.75, 3.05) is 13.1 Å². The van der Waals surface area contributed by atoms with Crippen molar-refractivity contribution in [3.8, 4) is 0 Å². The van der Waals surface area contributed by atoms with E-state index in [1.165, 1.54) is 11.8 Å². The predicted octanol–water partition coefficient (Wildman–Crippen LogP) is -1.58. The zero-order valence-corrected chi connectivity index (χ0v) is 7.11. The first-order chi connectivity index (χ1) is 6.00. The molecule has 1 aliphatic heterocycles. The van der Waals surface area contributed by atoms with Gasteiger partial charge in [0.1, 0.15) is 6.04 Å². The van der Waals surface area contributed by atoms with Crippen LogP contribution in [0, 0.1) is 0 Å². The summed E-state index contributed by atoms with van der Waals surface area (Å²) in [4.78, 5) is 33.5. The maximum absolute atomic E-state index is 10.8. The molecule has 0 aromatic carbocycles. The van der Waals surface area contributed by atoms with E-state index in [1.54, 1.807) is 0 Å². The lowest BCUT2D eigenvalue weighted by Crippen LogP contribution is -2.55. The maximum Gasteiger partial charge on any atom is 0.320 e. The van der Waals surface area contributed by atoms with E-state index < -0.39 is 23.8 Å². The maximum atomic E-state index is 10.8. The van der Waals surface area contributed by atoms with E-state index in [2.05, 4.69) is 5.32 Å². The molecule has 0 aliphatic carbocycles. The van der Waals surface area contributed by atoms with Gasteiger partial charge in [0.2, 0.25) is 11.8 Å². The van der Waals surface area contributed by atoms with E-state index in [9.17, 15) is 14.4 Å². The van der Waals surface area contributed by atoms with Gasteiger partial charge in [-0.25, -0.2) is 0 Å². The summed E-state index contributed by atoms with van der Waals surface area (Å²) >= 11 is 0. The summed E-state index contributed by atoms with van der Waals surface area (Å²) in [6.45, 7) is 1.35. The van der Waals surface area contributed by atoms with Crippen LogP contribution < -0.4 is 5.32 Å². The molecule has 1 atom stereocenters. The molecule has 13 heavy (non-hydrogen) atoms. The van der Waals surface area contributed by atoms with Crippen molar-refractivity contribution in [1.82, 2.24) is 10.2 Å². The third-order valence-corrected chi connectivity index (χ3v) is 1.88. The van der Waals surface area contributed by atoms with E-state index in [4.69, 9.17) is 5.11 Å². The number of aliphatic carboxylic acids is 1. The molecule has 0 bridgehead atoms. The average molecular weight is 186 g/mol. The van der Waals surface area contributed by atoms with E-state index in [1.807, 2.05) is 0 Å². The van der Waals surface area contributed by atoms with Crippen molar-refractivity contribution in [2.45, 2.75) is 13.0 Å². The van der Waals surface area contributed by atoms with Gasteiger partial charge in [-0.2, -0.15) is 0 Å². The number of carbonyl (C=O) groups excluding carboxylic acids is 2. The van der Waals surface area contributed by atoms with Crippen molar-refractivity contribution >= 4 is 17.8 Å². The molecule has 1 unspecified atom stereocenters. The van der Waals surface area contributed by atoms with Gasteiger partial charge in [0.25, 0.3) is 0 Å². The number of piperazine rings is 1. The second kappa shape index (κ2) is 3.53. The zero-order chi connectivity index (χ0) is 10.0. The number of nitrogens with one attached hydrogen (secondary N) is 1. The van der Waals surface area contributed by atoms with Crippen LogP contribution in [0.4, 0.5) is 0 Å². The Kier molecular flexibility index (Phi) is 2.62.